The molecule has 0 unspecified atom stereocenters. The van der Waals surface area contributed by atoms with E-state index in [0.717, 1.165) is 16.5 Å². The van der Waals surface area contributed by atoms with Crippen LogP contribution in [0.1, 0.15) is 19.4 Å². The Kier molecular flexibility index (Phi) is 4.83. The molecule has 1 amide bonds. The first-order chi connectivity index (χ1) is 13.0. The van der Waals surface area contributed by atoms with Crippen molar-refractivity contribution >= 4 is 22.8 Å². The molecule has 0 saturated carbocycles. The Morgan fingerprint density at radius 3 is 2.63 bits per heavy atom. The van der Waals surface area contributed by atoms with Crippen molar-refractivity contribution in [3.63, 3.8) is 0 Å². The number of amides is 1. The van der Waals surface area contributed by atoms with Crippen molar-refractivity contribution < 1.29 is 14.3 Å². The predicted octanol–water partition coefficient (Wildman–Crippen LogP) is 3.74. The molecule has 0 aromatic heterocycles. The highest BCUT2D eigenvalue weighted by atomic mass is 32.2. The highest BCUT2D eigenvalue weighted by Crippen LogP contribution is 2.36. The minimum atomic E-state index is -0.667. The number of para-hydroxylation sites is 2. The summed E-state index contributed by atoms with van der Waals surface area (Å²) in [5.41, 5.74) is 0.798. The van der Waals surface area contributed by atoms with Crippen LogP contribution in [-0.4, -0.2) is 40.0 Å². The first-order valence-corrected chi connectivity index (χ1v) is 9.97. The first kappa shape index (κ1) is 17.9. The van der Waals surface area contributed by atoms with Gasteiger partial charge in [-0.1, -0.05) is 54.2 Å². The van der Waals surface area contributed by atoms with Crippen molar-refractivity contribution in [2.75, 3.05) is 12.4 Å². The summed E-state index contributed by atoms with van der Waals surface area (Å²) in [6.07, 6.45) is -0.667. The highest BCUT2D eigenvalue weighted by molar-refractivity contribution is 8.14. The van der Waals surface area contributed by atoms with E-state index in [0.29, 0.717) is 18.0 Å². The Morgan fingerprint density at radius 2 is 1.85 bits per heavy atom. The first-order valence-electron chi connectivity index (χ1n) is 8.98. The van der Waals surface area contributed by atoms with Gasteiger partial charge in [0.1, 0.15) is 6.61 Å². The van der Waals surface area contributed by atoms with Gasteiger partial charge in [0, 0.05) is 5.75 Å². The van der Waals surface area contributed by atoms with Crippen molar-refractivity contribution in [3.05, 3.63) is 60.2 Å². The zero-order chi connectivity index (χ0) is 18.9. The fraction of sp³-hybridized carbons (Fsp3) is 0.333. The SMILES string of the molecule is CC1(C)CSC(=NCc2ccccc2)N1C(=O)[C@@H]1COc2ccccc2O1. The number of hydrogen-bond acceptors (Lipinski definition) is 5. The third kappa shape index (κ3) is 3.67. The highest BCUT2D eigenvalue weighted by Gasteiger charge is 2.45. The Hall–Kier alpha value is -2.47. The molecule has 1 atom stereocenters. The van der Waals surface area contributed by atoms with Crippen LogP contribution in [0.3, 0.4) is 0 Å². The van der Waals surface area contributed by atoms with Crippen molar-refractivity contribution in [3.8, 4) is 11.5 Å². The second kappa shape index (κ2) is 7.27. The molecule has 5 nitrogen and oxygen atoms in total. The summed E-state index contributed by atoms with van der Waals surface area (Å²) < 4.78 is 11.7. The molecular formula is C21H22N2O3S. The van der Waals surface area contributed by atoms with Crippen LogP contribution < -0.4 is 9.47 Å². The van der Waals surface area contributed by atoms with Gasteiger partial charge in [-0.25, -0.2) is 0 Å². The third-order valence-electron chi connectivity index (χ3n) is 4.60. The number of rotatable bonds is 3. The molecule has 0 N–H and O–H groups in total. The molecule has 2 aromatic rings. The van der Waals surface area contributed by atoms with E-state index in [1.807, 2.05) is 54.6 Å². The van der Waals surface area contributed by atoms with Gasteiger partial charge in [0.05, 0.1) is 12.1 Å². The lowest BCUT2D eigenvalue weighted by atomic mass is 10.1. The van der Waals surface area contributed by atoms with Gasteiger partial charge in [-0.05, 0) is 31.5 Å². The number of amidine groups is 1. The quantitative estimate of drug-likeness (QED) is 0.812. The number of aliphatic imine (C=N–C) groups is 1. The lowest BCUT2D eigenvalue weighted by molar-refractivity contribution is -0.140. The van der Waals surface area contributed by atoms with Crippen LogP contribution in [0, 0.1) is 0 Å². The molecule has 2 aromatic carbocycles. The minimum Gasteiger partial charge on any atom is -0.485 e. The van der Waals surface area contributed by atoms with Crippen molar-refractivity contribution in [2.24, 2.45) is 4.99 Å². The van der Waals surface area contributed by atoms with E-state index < -0.39 is 6.10 Å². The normalized spacial score (nSPS) is 22.1. The molecule has 0 bridgehead atoms. The van der Waals surface area contributed by atoms with E-state index in [-0.39, 0.29) is 18.1 Å². The second-order valence-corrected chi connectivity index (χ2v) is 8.17. The summed E-state index contributed by atoms with van der Waals surface area (Å²) in [4.78, 5) is 19.8. The largest absolute Gasteiger partial charge is 0.485 e. The standard InChI is InChI=1S/C21H22N2O3S/c1-21(2)14-27-20(22-12-15-8-4-3-5-9-15)23(21)19(24)18-13-25-16-10-6-7-11-17(16)26-18/h3-11,18H,12-14H2,1-2H3/t18-/m0/s1. The lowest BCUT2D eigenvalue weighted by Gasteiger charge is -2.34. The van der Waals surface area contributed by atoms with Crippen molar-refractivity contribution in [1.82, 2.24) is 4.90 Å². The molecule has 4 rings (SSSR count). The van der Waals surface area contributed by atoms with Gasteiger partial charge in [-0.3, -0.25) is 14.7 Å². The molecule has 1 saturated heterocycles. The van der Waals surface area contributed by atoms with E-state index in [4.69, 9.17) is 14.5 Å². The van der Waals surface area contributed by atoms with Crippen LogP contribution in [0.15, 0.2) is 59.6 Å². The number of fused-ring (bicyclic) bond motifs is 1. The van der Waals surface area contributed by atoms with Crippen LogP contribution >= 0.6 is 11.8 Å². The molecule has 0 radical (unpaired) electrons. The summed E-state index contributed by atoms with van der Waals surface area (Å²) in [6.45, 7) is 4.87. The predicted molar refractivity (Wildman–Crippen MR) is 107 cm³/mol. The van der Waals surface area contributed by atoms with Gasteiger partial charge in [0.2, 0.25) is 6.10 Å². The maximum atomic E-state index is 13.3. The Morgan fingerprint density at radius 1 is 1.15 bits per heavy atom. The van der Waals surface area contributed by atoms with Gasteiger partial charge in [-0.2, -0.15) is 0 Å². The van der Waals surface area contributed by atoms with Gasteiger partial charge in [0.25, 0.3) is 5.91 Å². The summed E-state index contributed by atoms with van der Waals surface area (Å²) in [7, 11) is 0. The maximum Gasteiger partial charge on any atom is 0.273 e. The van der Waals surface area contributed by atoms with Gasteiger partial charge in [-0.15, -0.1) is 0 Å². The summed E-state index contributed by atoms with van der Waals surface area (Å²) in [5, 5.41) is 0.747. The Labute approximate surface area is 163 Å². The molecule has 0 aliphatic carbocycles. The Bertz CT molecular complexity index is 867. The molecule has 2 aliphatic heterocycles. The molecule has 1 fully saturated rings. The average molecular weight is 382 g/mol. The monoisotopic (exact) mass is 382 g/mol. The van der Waals surface area contributed by atoms with E-state index >= 15 is 0 Å². The van der Waals surface area contributed by atoms with Crippen LogP contribution in [0.25, 0.3) is 0 Å². The van der Waals surface area contributed by atoms with Crippen LogP contribution in [0.5, 0.6) is 11.5 Å². The second-order valence-electron chi connectivity index (χ2n) is 7.22. The van der Waals surface area contributed by atoms with Crippen molar-refractivity contribution in [1.29, 1.82) is 0 Å². The topological polar surface area (TPSA) is 51.1 Å². The van der Waals surface area contributed by atoms with E-state index in [1.165, 1.54) is 0 Å². The summed E-state index contributed by atoms with van der Waals surface area (Å²) in [6, 6.07) is 17.5. The number of carbonyl (C=O) groups is 1. The zero-order valence-electron chi connectivity index (χ0n) is 15.4. The molecule has 27 heavy (non-hydrogen) atoms. The minimum absolute atomic E-state index is 0.105. The fourth-order valence-corrected chi connectivity index (χ4v) is 4.40. The molecule has 6 heteroatoms. The van der Waals surface area contributed by atoms with Gasteiger partial charge >= 0.3 is 0 Å². The molecule has 0 spiro atoms. The van der Waals surface area contributed by atoms with E-state index in [2.05, 4.69) is 13.8 Å². The smallest absolute Gasteiger partial charge is 0.273 e. The molecular weight excluding hydrogens is 360 g/mol. The lowest BCUT2D eigenvalue weighted by Crippen LogP contribution is -2.54. The summed E-state index contributed by atoms with van der Waals surface area (Å²) in [5.74, 6) is 1.98. The summed E-state index contributed by atoms with van der Waals surface area (Å²) >= 11 is 1.61. The number of benzene rings is 2. The number of hydrogen-bond donors (Lipinski definition) is 0. The number of nitrogens with zero attached hydrogens (tertiary/aromatic N) is 2. The number of ether oxygens (including phenoxy) is 2. The fourth-order valence-electron chi connectivity index (χ4n) is 3.17. The van der Waals surface area contributed by atoms with Crippen molar-refractivity contribution in [2.45, 2.75) is 32.0 Å². The van der Waals surface area contributed by atoms with Crippen LogP contribution in [0.4, 0.5) is 0 Å². The van der Waals surface area contributed by atoms with Gasteiger partial charge in [0.15, 0.2) is 16.7 Å². The molecule has 140 valence electrons. The van der Waals surface area contributed by atoms with E-state index in [1.54, 1.807) is 16.7 Å². The van der Waals surface area contributed by atoms with Crippen LogP contribution in [0.2, 0.25) is 0 Å². The van der Waals surface area contributed by atoms with E-state index in [9.17, 15) is 4.79 Å². The van der Waals surface area contributed by atoms with Gasteiger partial charge < -0.3 is 9.47 Å². The average Bonchev–Trinajstić information content (AvgIpc) is 3.00. The maximum absolute atomic E-state index is 13.3. The Balaban J connectivity index is 1.55. The molecule has 2 heterocycles. The number of carbonyl (C=O) groups excluding carboxylic acids is 1. The number of thioether (sulfide) groups is 1. The zero-order valence-corrected chi connectivity index (χ0v) is 16.2. The third-order valence-corrected chi connectivity index (χ3v) is 6.02. The molecule has 2 aliphatic rings. The van der Waals surface area contributed by atoms with Crippen LogP contribution in [-0.2, 0) is 11.3 Å².